The van der Waals surface area contributed by atoms with Crippen molar-refractivity contribution >= 4 is 36.6 Å². The van der Waals surface area contributed by atoms with Gasteiger partial charge in [-0.2, -0.15) is 0 Å². The van der Waals surface area contributed by atoms with Crippen molar-refractivity contribution in [1.82, 2.24) is 20.4 Å². The van der Waals surface area contributed by atoms with Gasteiger partial charge in [0.2, 0.25) is 11.8 Å². The molecule has 1 atom stereocenters. The van der Waals surface area contributed by atoms with Crippen LogP contribution in [0.2, 0.25) is 0 Å². The van der Waals surface area contributed by atoms with Crippen molar-refractivity contribution in [2.75, 3.05) is 39.3 Å². The molecule has 6 nitrogen and oxygen atoms in total. The minimum Gasteiger partial charge on any atom is -0.351 e. The number of rotatable bonds is 5. The van der Waals surface area contributed by atoms with Crippen LogP contribution in [0.25, 0.3) is 0 Å². The molecule has 2 fully saturated rings. The number of benzene rings is 1. The van der Waals surface area contributed by atoms with Crippen molar-refractivity contribution in [2.24, 2.45) is 0 Å². The number of alkyl halides is 2. The minimum absolute atomic E-state index is 0. The maximum Gasteiger partial charge on any atom is 0.262 e. The monoisotopic (exact) mass is 438 g/mol. The van der Waals surface area contributed by atoms with Crippen LogP contribution in [-0.4, -0.2) is 72.8 Å². The number of halogens is 4. The second-order valence-corrected chi connectivity index (χ2v) is 6.86. The molecule has 10 heteroatoms. The van der Waals surface area contributed by atoms with Crippen molar-refractivity contribution in [3.05, 3.63) is 35.9 Å². The highest BCUT2D eigenvalue weighted by molar-refractivity contribution is 5.85. The average Bonchev–Trinajstić information content (AvgIpc) is 3.01. The molecule has 0 spiro atoms. The zero-order chi connectivity index (χ0) is 18.6. The Morgan fingerprint density at radius 3 is 2.32 bits per heavy atom. The summed E-state index contributed by atoms with van der Waals surface area (Å²) < 4.78 is 26.5. The first-order valence-corrected chi connectivity index (χ1v) is 8.86. The van der Waals surface area contributed by atoms with Crippen LogP contribution in [0.4, 0.5) is 8.78 Å². The van der Waals surface area contributed by atoms with Crippen LogP contribution in [0.3, 0.4) is 0 Å². The summed E-state index contributed by atoms with van der Waals surface area (Å²) in [4.78, 5) is 27.9. The van der Waals surface area contributed by atoms with Crippen LogP contribution in [-0.2, 0) is 16.1 Å². The quantitative estimate of drug-likeness (QED) is 0.726. The molecule has 2 N–H and O–H groups in total. The van der Waals surface area contributed by atoms with Crippen molar-refractivity contribution in [2.45, 2.75) is 24.9 Å². The van der Waals surface area contributed by atoms with Crippen LogP contribution in [0.5, 0.6) is 0 Å². The van der Waals surface area contributed by atoms with Crippen LogP contribution in [0, 0.1) is 0 Å². The Hall–Kier alpha value is -1.48. The van der Waals surface area contributed by atoms with Crippen LogP contribution in [0.1, 0.15) is 12.0 Å². The SMILES string of the molecule is Cl.Cl.O=C(CN1CCN(C(=O)C2CC(F)(F)CN2)CC1)NCc1ccccc1. The number of carbonyl (C=O) groups is 2. The average molecular weight is 439 g/mol. The summed E-state index contributed by atoms with van der Waals surface area (Å²) in [5.41, 5.74) is 1.04. The smallest absolute Gasteiger partial charge is 0.262 e. The first-order valence-electron chi connectivity index (χ1n) is 8.86. The number of carbonyl (C=O) groups excluding carboxylic acids is 2. The summed E-state index contributed by atoms with van der Waals surface area (Å²) in [5.74, 6) is -3.14. The molecule has 1 aromatic rings. The van der Waals surface area contributed by atoms with Crippen LogP contribution in [0.15, 0.2) is 30.3 Å². The molecule has 2 saturated heterocycles. The summed E-state index contributed by atoms with van der Waals surface area (Å²) in [6.45, 7) is 2.35. The summed E-state index contributed by atoms with van der Waals surface area (Å²) >= 11 is 0. The molecule has 0 saturated carbocycles. The van der Waals surface area contributed by atoms with E-state index >= 15 is 0 Å². The third kappa shape index (κ3) is 6.84. The topological polar surface area (TPSA) is 64.7 Å². The van der Waals surface area contributed by atoms with Gasteiger partial charge in [-0.05, 0) is 5.56 Å². The zero-order valence-corrected chi connectivity index (χ0v) is 17.0. The maximum atomic E-state index is 13.2. The Labute approximate surface area is 175 Å². The molecule has 3 rings (SSSR count). The number of piperazine rings is 1. The molecule has 1 unspecified atom stereocenters. The molecule has 28 heavy (non-hydrogen) atoms. The van der Waals surface area contributed by atoms with Crippen LogP contribution >= 0.6 is 24.8 Å². The lowest BCUT2D eigenvalue weighted by molar-refractivity contribution is -0.135. The fraction of sp³-hybridized carbons (Fsp3) is 0.556. The Kier molecular flexibility index (Phi) is 9.56. The van der Waals surface area contributed by atoms with Gasteiger partial charge in [-0.25, -0.2) is 8.78 Å². The second-order valence-electron chi connectivity index (χ2n) is 6.86. The lowest BCUT2D eigenvalue weighted by Gasteiger charge is -2.35. The molecule has 1 aromatic carbocycles. The van der Waals surface area contributed by atoms with Gasteiger partial charge in [-0.1, -0.05) is 30.3 Å². The summed E-state index contributed by atoms with van der Waals surface area (Å²) in [6, 6.07) is 8.87. The number of hydrogen-bond acceptors (Lipinski definition) is 4. The molecule has 0 aromatic heterocycles. The van der Waals surface area contributed by atoms with Gasteiger partial charge in [-0.3, -0.25) is 19.8 Å². The van der Waals surface area contributed by atoms with Gasteiger partial charge < -0.3 is 10.2 Å². The lowest BCUT2D eigenvalue weighted by Crippen LogP contribution is -2.54. The summed E-state index contributed by atoms with van der Waals surface area (Å²) in [7, 11) is 0. The highest BCUT2D eigenvalue weighted by Gasteiger charge is 2.43. The van der Waals surface area contributed by atoms with E-state index in [2.05, 4.69) is 10.6 Å². The Morgan fingerprint density at radius 1 is 1.11 bits per heavy atom. The maximum absolute atomic E-state index is 13.2. The van der Waals surface area contributed by atoms with Crippen molar-refractivity contribution in [3.63, 3.8) is 0 Å². The number of amides is 2. The first-order chi connectivity index (χ1) is 12.4. The molecule has 2 heterocycles. The van der Waals surface area contributed by atoms with E-state index in [0.717, 1.165) is 5.56 Å². The van der Waals surface area contributed by atoms with E-state index < -0.39 is 24.9 Å². The van der Waals surface area contributed by atoms with E-state index in [-0.39, 0.29) is 43.2 Å². The van der Waals surface area contributed by atoms with Crippen LogP contribution < -0.4 is 10.6 Å². The Morgan fingerprint density at radius 2 is 1.75 bits per heavy atom. The normalized spacial score (nSPS) is 21.4. The molecule has 2 aliphatic rings. The highest BCUT2D eigenvalue weighted by Crippen LogP contribution is 2.26. The van der Waals surface area contributed by atoms with Gasteiger partial charge in [-0.15, -0.1) is 24.8 Å². The molecule has 2 amide bonds. The fourth-order valence-corrected chi connectivity index (χ4v) is 3.29. The number of hydrogen-bond donors (Lipinski definition) is 2. The van der Waals surface area contributed by atoms with E-state index in [1.807, 2.05) is 35.2 Å². The number of nitrogens with zero attached hydrogens (tertiary/aromatic N) is 2. The highest BCUT2D eigenvalue weighted by atomic mass is 35.5. The molecule has 0 radical (unpaired) electrons. The van der Waals surface area contributed by atoms with E-state index in [4.69, 9.17) is 0 Å². The third-order valence-corrected chi connectivity index (χ3v) is 4.79. The van der Waals surface area contributed by atoms with Gasteiger partial charge in [0.25, 0.3) is 5.92 Å². The van der Waals surface area contributed by atoms with E-state index in [1.54, 1.807) is 4.90 Å². The third-order valence-electron chi connectivity index (χ3n) is 4.79. The molecule has 2 aliphatic heterocycles. The van der Waals surface area contributed by atoms with Gasteiger partial charge in [0.05, 0.1) is 19.1 Å². The Balaban J connectivity index is 0.00000196. The van der Waals surface area contributed by atoms with Gasteiger partial charge >= 0.3 is 0 Å². The summed E-state index contributed by atoms with van der Waals surface area (Å²) in [6.07, 6.45) is -0.437. The lowest BCUT2D eigenvalue weighted by atomic mass is 10.1. The van der Waals surface area contributed by atoms with Gasteiger partial charge in [0.1, 0.15) is 0 Å². The fourth-order valence-electron chi connectivity index (χ4n) is 3.29. The molecular weight excluding hydrogens is 413 g/mol. The molecular formula is C18H26Cl2F2N4O2. The second kappa shape index (κ2) is 10.9. The van der Waals surface area contributed by atoms with E-state index in [9.17, 15) is 18.4 Å². The Bertz CT molecular complexity index is 644. The largest absolute Gasteiger partial charge is 0.351 e. The molecule has 0 bridgehead atoms. The number of nitrogens with one attached hydrogen (secondary N) is 2. The zero-order valence-electron chi connectivity index (χ0n) is 15.4. The van der Waals surface area contributed by atoms with E-state index in [1.165, 1.54) is 0 Å². The van der Waals surface area contributed by atoms with Crippen molar-refractivity contribution in [3.8, 4) is 0 Å². The molecule has 0 aliphatic carbocycles. The van der Waals surface area contributed by atoms with Gasteiger partial charge in [0.15, 0.2) is 0 Å². The molecule has 158 valence electrons. The van der Waals surface area contributed by atoms with Crippen molar-refractivity contribution < 1.29 is 18.4 Å². The first kappa shape index (κ1) is 24.6. The summed E-state index contributed by atoms with van der Waals surface area (Å²) in [5, 5.41) is 5.48. The predicted octanol–water partition coefficient (Wildman–Crippen LogP) is 1.29. The van der Waals surface area contributed by atoms with Gasteiger partial charge in [0, 0.05) is 39.1 Å². The standard InChI is InChI=1S/C18H24F2N4O2.2ClH/c19-18(20)10-15(22-13-18)17(26)24-8-6-23(7-9-24)12-16(25)21-11-14-4-2-1-3-5-14;;/h1-5,15,22H,6-13H2,(H,21,25);2*1H. The van der Waals surface area contributed by atoms with Crippen molar-refractivity contribution in [1.29, 1.82) is 0 Å². The minimum atomic E-state index is -2.81. The van der Waals surface area contributed by atoms with E-state index in [0.29, 0.717) is 32.7 Å². The predicted molar refractivity (Wildman–Crippen MR) is 107 cm³/mol.